The molecule has 1 saturated heterocycles. The van der Waals surface area contributed by atoms with Gasteiger partial charge in [-0.05, 0) is 6.42 Å². The van der Waals surface area contributed by atoms with E-state index in [2.05, 4.69) is 10.3 Å². The third kappa shape index (κ3) is 4.56. The number of hydrogen-bond donors (Lipinski definition) is 1. The fraction of sp³-hybridized carbons (Fsp3) is 0.273. The first kappa shape index (κ1) is 19.4. The van der Waals surface area contributed by atoms with Gasteiger partial charge in [0.2, 0.25) is 5.91 Å². The molecule has 0 saturated carbocycles. The molecular formula is C22H23N3O3S. The van der Waals surface area contributed by atoms with Crippen LogP contribution in [0.3, 0.4) is 0 Å². The van der Waals surface area contributed by atoms with E-state index in [9.17, 15) is 13.2 Å². The molecule has 1 amide bonds. The van der Waals surface area contributed by atoms with Gasteiger partial charge in [0, 0.05) is 30.1 Å². The molecule has 1 fully saturated rings. The number of carbonyl (C=O) groups excluding carboxylic acids is 1. The maximum atomic E-state index is 12.4. The summed E-state index contributed by atoms with van der Waals surface area (Å²) in [6, 6.07) is 19.7. The lowest BCUT2D eigenvalue weighted by molar-refractivity contribution is -0.121. The monoisotopic (exact) mass is 409 g/mol. The molecule has 0 unspecified atom stereocenters. The van der Waals surface area contributed by atoms with Gasteiger partial charge in [-0.3, -0.25) is 4.79 Å². The Morgan fingerprint density at radius 3 is 2.31 bits per heavy atom. The van der Waals surface area contributed by atoms with Crippen LogP contribution in [0.2, 0.25) is 0 Å². The zero-order chi connectivity index (χ0) is 20.3. The van der Waals surface area contributed by atoms with Crippen molar-refractivity contribution in [3.05, 3.63) is 67.0 Å². The summed E-state index contributed by atoms with van der Waals surface area (Å²) in [4.78, 5) is 17.0. The lowest BCUT2D eigenvalue weighted by atomic mass is 10.0. The van der Waals surface area contributed by atoms with Crippen LogP contribution in [0.4, 0.5) is 0 Å². The van der Waals surface area contributed by atoms with E-state index < -0.39 is 9.84 Å². The lowest BCUT2D eigenvalue weighted by Crippen LogP contribution is -2.36. The number of imidazole rings is 1. The van der Waals surface area contributed by atoms with Crippen LogP contribution in [0.15, 0.2) is 67.0 Å². The third-order valence-corrected chi connectivity index (χ3v) is 6.88. The van der Waals surface area contributed by atoms with Crippen molar-refractivity contribution in [3.8, 4) is 22.5 Å². The minimum Gasteiger partial charge on any atom is -0.352 e. The molecule has 29 heavy (non-hydrogen) atoms. The second-order valence-corrected chi connectivity index (χ2v) is 9.51. The summed E-state index contributed by atoms with van der Waals surface area (Å²) in [5.74, 6) is 0.0519. The predicted molar refractivity (Wildman–Crippen MR) is 113 cm³/mol. The van der Waals surface area contributed by atoms with Crippen LogP contribution in [-0.4, -0.2) is 41.4 Å². The molecule has 1 aliphatic rings. The minimum atomic E-state index is -3.01. The minimum absolute atomic E-state index is 0.0389. The van der Waals surface area contributed by atoms with Crippen molar-refractivity contribution in [2.45, 2.75) is 25.4 Å². The summed E-state index contributed by atoms with van der Waals surface area (Å²) in [6.45, 7) is 0.468. The van der Waals surface area contributed by atoms with Gasteiger partial charge in [0.05, 0.1) is 29.2 Å². The van der Waals surface area contributed by atoms with Crippen LogP contribution in [0, 0.1) is 0 Å². The summed E-state index contributed by atoms with van der Waals surface area (Å²) in [6.07, 6.45) is 2.52. The molecule has 6 nitrogen and oxygen atoms in total. The molecule has 2 aromatic carbocycles. The fourth-order valence-corrected chi connectivity index (χ4v) is 5.36. The molecule has 1 N–H and O–H groups in total. The Labute approximate surface area is 170 Å². The van der Waals surface area contributed by atoms with Gasteiger partial charge in [-0.15, -0.1) is 0 Å². The summed E-state index contributed by atoms with van der Waals surface area (Å²) < 4.78 is 25.1. The van der Waals surface area contributed by atoms with Gasteiger partial charge in [0.1, 0.15) is 0 Å². The van der Waals surface area contributed by atoms with Crippen molar-refractivity contribution >= 4 is 15.7 Å². The van der Waals surface area contributed by atoms with E-state index in [1.54, 1.807) is 6.33 Å². The van der Waals surface area contributed by atoms with Crippen LogP contribution in [0.5, 0.6) is 0 Å². The average molecular weight is 410 g/mol. The summed E-state index contributed by atoms with van der Waals surface area (Å²) in [7, 11) is -3.01. The molecular weight excluding hydrogens is 386 g/mol. The first-order valence-corrected chi connectivity index (χ1v) is 11.5. The molecule has 150 valence electrons. The zero-order valence-electron chi connectivity index (χ0n) is 16.0. The van der Waals surface area contributed by atoms with Crippen molar-refractivity contribution in [1.29, 1.82) is 0 Å². The van der Waals surface area contributed by atoms with Gasteiger partial charge in [0.15, 0.2) is 9.84 Å². The second-order valence-electron chi connectivity index (χ2n) is 7.28. The van der Waals surface area contributed by atoms with E-state index in [-0.39, 0.29) is 29.9 Å². The van der Waals surface area contributed by atoms with Gasteiger partial charge in [0.25, 0.3) is 0 Å². The van der Waals surface area contributed by atoms with E-state index in [4.69, 9.17) is 0 Å². The fourth-order valence-electron chi connectivity index (χ4n) is 3.69. The van der Waals surface area contributed by atoms with Crippen molar-refractivity contribution in [1.82, 2.24) is 14.9 Å². The molecule has 1 aromatic heterocycles. The van der Waals surface area contributed by atoms with Crippen molar-refractivity contribution < 1.29 is 13.2 Å². The Balaban J connectivity index is 1.53. The number of amides is 1. The largest absolute Gasteiger partial charge is 0.352 e. The van der Waals surface area contributed by atoms with E-state index in [0.29, 0.717) is 13.0 Å². The first-order chi connectivity index (χ1) is 14.0. The Bertz CT molecular complexity index is 1090. The molecule has 4 rings (SSSR count). The van der Waals surface area contributed by atoms with Gasteiger partial charge >= 0.3 is 0 Å². The SMILES string of the molecule is O=C(CCn1cnc(-c2ccccc2)c1-c1ccccc1)N[C@@H]1CCS(=O)(=O)C1. The zero-order valence-corrected chi connectivity index (χ0v) is 16.8. The summed E-state index contributed by atoms with van der Waals surface area (Å²) in [5.41, 5.74) is 3.89. The highest BCUT2D eigenvalue weighted by Gasteiger charge is 2.28. The molecule has 3 aromatic rings. The number of nitrogens with zero attached hydrogens (tertiary/aromatic N) is 2. The lowest BCUT2D eigenvalue weighted by Gasteiger charge is -2.13. The first-order valence-electron chi connectivity index (χ1n) is 9.67. The Morgan fingerprint density at radius 2 is 1.69 bits per heavy atom. The smallest absolute Gasteiger partial charge is 0.222 e. The number of hydrogen-bond acceptors (Lipinski definition) is 4. The van der Waals surface area contributed by atoms with Gasteiger partial charge in [-0.25, -0.2) is 13.4 Å². The van der Waals surface area contributed by atoms with Gasteiger partial charge in [-0.1, -0.05) is 60.7 Å². The normalized spacial score (nSPS) is 17.9. The molecule has 0 radical (unpaired) electrons. The van der Waals surface area contributed by atoms with E-state index in [0.717, 1.165) is 22.5 Å². The number of aromatic nitrogens is 2. The van der Waals surface area contributed by atoms with Crippen molar-refractivity contribution in [2.24, 2.45) is 0 Å². The molecule has 2 heterocycles. The quantitative estimate of drug-likeness (QED) is 0.679. The standard InChI is InChI=1S/C22H23N3O3S/c26-20(24-19-12-14-29(27,28)15-19)11-13-25-16-23-21(17-7-3-1-4-8-17)22(25)18-9-5-2-6-10-18/h1-10,16,19H,11-15H2,(H,24,26)/t19-/m1/s1. The van der Waals surface area contributed by atoms with Crippen molar-refractivity contribution in [3.63, 3.8) is 0 Å². The number of benzene rings is 2. The van der Waals surface area contributed by atoms with E-state index >= 15 is 0 Å². The van der Waals surface area contributed by atoms with Crippen LogP contribution in [-0.2, 0) is 21.2 Å². The Kier molecular flexibility index (Phi) is 5.49. The average Bonchev–Trinajstić information content (AvgIpc) is 3.30. The highest BCUT2D eigenvalue weighted by Crippen LogP contribution is 2.31. The molecule has 7 heteroatoms. The molecule has 1 atom stereocenters. The van der Waals surface area contributed by atoms with E-state index in [1.165, 1.54) is 0 Å². The van der Waals surface area contributed by atoms with Crippen LogP contribution in [0.25, 0.3) is 22.5 Å². The topological polar surface area (TPSA) is 81.1 Å². The van der Waals surface area contributed by atoms with Crippen LogP contribution < -0.4 is 5.32 Å². The molecule has 0 aliphatic carbocycles. The van der Waals surface area contributed by atoms with E-state index in [1.807, 2.05) is 65.2 Å². The maximum absolute atomic E-state index is 12.4. The highest BCUT2D eigenvalue weighted by atomic mass is 32.2. The second kappa shape index (κ2) is 8.21. The molecule has 0 spiro atoms. The Hall–Kier alpha value is -2.93. The molecule has 1 aliphatic heterocycles. The number of rotatable bonds is 6. The van der Waals surface area contributed by atoms with Crippen LogP contribution in [0.1, 0.15) is 12.8 Å². The number of sulfone groups is 1. The summed E-state index contributed by atoms with van der Waals surface area (Å²) in [5, 5.41) is 2.85. The van der Waals surface area contributed by atoms with Crippen LogP contribution >= 0.6 is 0 Å². The number of nitrogens with one attached hydrogen (secondary N) is 1. The third-order valence-electron chi connectivity index (χ3n) is 5.11. The predicted octanol–water partition coefficient (Wildman–Crippen LogP) is 2.91. The van der Waals surface area contributed by atoms with Gasteiger partial charge < -0.3 is 9.88 Å². The highest BCUT2D eigenvalue weighted by molar-refractivity contribution is 7.91. The Morgan fingerprint density at radius 1 is 1.03 bits per heavy atom. The maximum Gasteiger partial charge on any atom is 0.222 e. The number of aryl methyl sites for hydroxylation is 1. The molecule has 0 bridgehead atoms. The van der Waals surface area contributed by atoms with Gasteiger partial charge in [-0.2, -0.15) is 0 Å². The van der Waals surface area contributed by atoms with Crippen molar-refractivity contribution in [2.75, 3.05) is 11.5 Å². The number of carbonyl (C=O) groups is 1. The summed E-state index contributed by atoms with van der Waals surface area (Å²) >= 11 is 0.